The molecule has 0 bridgehead atoms. The molecule has 41 heavy (non-hydrogen) atoms. The number of carbonyl (C=O) groups is 2. The van der Waals surface area contributed by atoms with Crippen molar-refractivity contribution >= 4 is 23.2 Å². The summed E-state index contributed by atoms with van der Waals surface area (Å²) < 4.78 is 31.5. The molecule has 10 heteroatoms. The Morgan fingerprint density at radius 1 is 1.10 bits per heavy atom. The fourth-order valence-electron chi connectivity index (χ4n) is 7.92. The van der Waals surface area contributed by atoms with Gasteiger partial charge in [-0.15, -0.1) is 11.3 Å². The molecule has 6 rings (SSSR count). The van der Waals surface area contributed by atoms with Crippen LogP contribution in [0.2, 0.25) is 0 Å². The summed E-state index contributed by atoms with van der Waals surface area (Å²) in [4.78, 5) is 32.0. The van der Waals surface area contributed by atoms with Crippen LogP contribution in [-0.4, -0.2) is 53.6 Å². The molecule has 3 heterocycles. The van der Waals surface area contributed by atoms with Gasteiger partial charge in [0, 0.05) is 17.5 Å². The normalized spacial score (nSPS) is 28.6. The number of hydrogen-bond donors (Lipinski definition) is 1. The summed E-state index contributed by atoms with van der Waals surface area (Å²) in [6.07, 6.45) is 7.13. The number of fused-ring (bicyclic) bond motifs is 2. The van der Waals surface area contributed by atoms with E-state index >= 15 is 0 Å². The van der Waals surface area contributed by atoms with E-state index in [0.29, 0.717) is 23.8 Å². The van der Waals surface area contributed by atoms with E-state index < -0.39 is 12.1 Å². The van der Waals surface area contributed by atoms with Gasteiger partial charge in [0.1, 0.15) is 11.9 Å². The number of aromatic nitrogens is 1. The highest BCUT2D eigenvalue weighted by Crippen LogP contribution is 2.48. The number of amides is 1. The highest BCUT2D eigenvalue weighted by molar-refractivity contribution is 7.11. The molecule has 2 aliphatic heterocycles. The number of benzene rings is 1. The molecule has 1 spiro atoms. The van der Waals surface area contributed by atoms with Crippen LogP contribution >= 0.6 is 11.3 Å². The lowest BCUT2D eigenvalue weighted by Gasteiger charge is -2.47. The van der Waals surface area contributed by atoms with Gasteiger partial charge < -0.3 is 20.1 Å². The average molecular weight is 592 g/mol. The summed E-state index contributed by atoms with van der Waals surface area (Å²) in [7, 11) is 0. The van der Waals surface area contributed by atoms with Crippen LogP contribution in [0.3, 0.4) is 0 Å². The number of carbonyl (C=O) groups excluding carboxylic acids is 2. The number of carboxylic acid groups (broad SMARTS) is 1. The zero-order valence-electron chi connectivity index (χ0n) is 23.6. The van der Waals surface area contributed by atoms with Crippen LogP contribution in [-0.2, 0) is 21.4 Å². The number of hydrogen-bond acceptors (Lipinski definition) is 5. The molecule has 1 unspecified atom stereocenters. The van der Waals surface area contributed by atoms with Crippen LogP contribution < -0.4 is 10.4 Å². The van der Waals surface area contributed by atoms with Crippen molar-refractivity contribution in [3.8, 4) is 0 Å². The number of nitrogens with two attached hydrogens (primary N) is 1. The van der Waals surface area contributed by atoms with Crippen molar-refractivity contribution in [1.29, 1.82) is 0 Å². The van der Waals surface area contributed by atoms with E-state index in [2.05, 4.69) is 47.5 Å². The molecule has 1 aromatic carbocycles. The lowest BCUT2D eigenvalue weighted by Crippen LogP contribution is -2.82. The van der Waals surface area contributed by atoms with Gasteiger partial charge >= 0.3 is 6.18 Å². The quantitative estimate of drug-likeness (QED) is 0.587. The summed E-state index contributed by atoms with van der Waals surface area (Å²) in [5.74, 6) is -1.15. The van der Waals surface area contributed by atoms with E-state index in [1.54, 1.807) is 0 Å². The number of piperidine rings is 1. The number of halogens is 3. The third-order valence-electron chi connectivity index (χ3n) is 9.79. The van der Waals surface area contributed by atoms with Crippen LogP contribution in [0.25, 0.3) is 0 Å². The van der Waals surface area contributed by atoms with Crippen LogP contribution in [0.5, 0.6) is 0 Å². The monoisotopic (exact) mass is 591 g/mol. The molecule has 2 saturated heterocycles. The van der Waals surface area contributed by atoms with Gasteiger partial charge in [-0.25, -0.2) is 4.98 Å². The summed E-state index contributed by atoms with van der Waals surface area (Å²) in [5.41, 5.74) is 2.79. The second kappa shape index (κ2) is 12.4. The highest BCUT2D eigenvalue weighted by atomic mass is 32.1. The minimum Gasteiger partial charge on any atom is -0.542 e. The lowest BCUT2D eigenvalue weighted by atomic mass is 9.68. The zero-order chi connectivity index (χ0) is 29.2. The number of rotatable bonds is 3. The first kappa shape index (κ1) is 30.0. The number of thiazole rings is 1. The Morgan fingerprint density at radius 2 is 1.80 bits per heavy atom. The average Bonchev–Trinajstić information content (AvgIpc) is 3.57. The summed E-state index contributed by atoms with van der Waals surface area (Å²) >= 11 is 1.88. The molecule has 4 aliphatic rings. The molecule has 4 atom stereocenters. The largest absolute Gasteiger partial charge is 0.542 e. The van der Waals surface area contributed by atoms with Gasteiger partial charge in [-0.05, 0) is 69.3 Å². The molecular weight excluding hydrogens is 551 g/mol. The first-order chi connectivity index (χ1) is 19.6. The van der Waals surface area contributed by atoms with E-state index in [0.717, 1.165) is 45.3 Å². The van der Waals surface area contributed by atoms with Gasteiger partial charge in [0.25, 0.3) is 0 Å². The Hall–Kier alpha value is -2.46. The number of alkyl halides is 3. The van der Waals surface area contributed by atoms with Crippen molar-refractivity contribution in [2.45, 2.75) is 94.7 Å². The first-order valence-corrected chi connectivity index (χ1v) is 15.8. The van der Waals surface area contributed by atoms with Crippen molar-refractivity contribution in [3.63, 3.8) is 0 Å². The zero-order valence-corrected chi connectivity index (χ0v) is 24.4. The Kier molecular flexibility index (Phi) is 9.09. The Labute approximate surface area is 243 Å². The third-order valence-corrected chi connectivity index (χ3v) is 11.0. The molecule has 6 nitrogen and oxygen atoms in total. The molecule has 1 saturated carbocycles. The molecule has 2 aromatic rings. The molecule has 224 valence electrons. The second-order valence-electron chi connectivity index (χ2n) is 12.2. The van der Waals surface area contributed by atoms with Gasteiger partial charge in [-0.2, -0.15) is 13.2 Å². The van der Waals surface area contributed by atoms with Crippen molar-refractivity contribution in [1.82, 2.24) is 9.88 Å². The van der Waals surface area contributed by atoms with Crippen LogP contribution in [0.1, 0.15) is 84.8 Å². The van der Waals surface area contributed by atoms with Crippen LogP contribution in [0.4, 0.5) is 13.2 Å². The van der Waals surface area contributed by atoms with Crippen molar-refractivity contribution < 1.29 is 33.2 Å². The number of aliphatic carboxylic acids is 1. The highest BCUT2D eigenvalue weighted by Gasteiger charge is 2.56. The van der Waals surface area contributed by atoms with E-state index in [1.807, 2.05) is 11.3 Å². The standard InChI is InChI=1S/C29H39N3OS.C2HF3O2/c1-20-31-25-13-8-15-29(27(25)34-20)19-30-18-24(29)28(33)32-16-14-23(21-9-4-2-5-10-21)17-26(32)22-11-6-3-7-12-22;3-2(4,5)1(6)7/h2,4-5,9-10,22-24,26,30H,3,6-8,11-19H2,1H3;(H,6,7)/t23-,24?,26+,29-;/m1./s1. The molecule has 3 fully saturated rings. The maximum absolute atomic E-state index is 14.5. The third kappa shape index (κ3) is 6.33. The summed E-state index contributed by atoms with van der Waals surface area (Å²) in [5, 5.41) is 12.4. The van der Waals surface area contributed by atoms with Crippen LogP contribution in [0, 0.1) is 18.8 Å². The maximum Gasteiger partial charge on any atom is 0.430 e. The Bertz CT molecular complexity index is 1210. The smallest absolute Gasteiger partial charge is 0.430 e. The van der Waals surface area contributed by atoms with Crippen molar-refractivity contribution in [2.24, 2.45) is 11.8 Å². The maximum atomic E-state index is 14.5. The molecule has 2 N–H and O–H groups in total. The molecular formula is C31H40F3N3O3S. The van der Waals surface area contributed by atoms with Gasteiger partial charge in [0.2, 0.25) is 5.91 Å². The molecule has 1 aromatic heterocycles. The van der Waals surface area contributed by atoms with Crippen LogP contribution in [0.15, 0.2) is 30.3 Å². The van der Waals surface area contributed by atoms with Gasteiger partial charge in [0.05, 0.1) is 29.2 Å². The lowest BCUT2D eigenvalue weighted by molar-refractivity contribution is -0.640. The summed E-state index contributed by atoms with van der Waals surface area (Å²) in [6, 6.07) is 11.5. The van der Waals surface area contributed by atoms with Gasteiger partial charge in [0.15, 0.2) is 0 Å². The summed E-state index contributed by atoms with van der Waals surface area (Å²) in [6.45, 7) is 5.08. The number of likely N-dealkylation sites (tertiary alicyclic amines) is 1. The number of carboxylic acids is 1. The van der Waals surface area contributed by atoms with E-state index in [4.69, 9.17) is 14.9 Å². The predicted octanol–water partition coefficient (Wildman–Crippen LogP) is 3.87. The van der Waals surface area contributed by atoms with E-state index in [1.165, 1.54) is 59.7 Å². The number of quaternary nitrogens is 1. The minimum atomic E-state index is -5.19. The van der Waals surface area contributed by atoms with Gasteiger partial charge in [-0.1, -0.05) is 49.6 Å². The minimum absolute atomic E-state index is 0.0178. The van der Waals surface area contributed by atoms with E-state index in [9.17, 15) is 18.0 Å². The second-order valence-corrected chi connectivity index (χ2v) is 13.4. The first-order valence-electron chi connectivity index (χ1n) is 15.0. The topological polar surface area (TPSA) is 89.9 Å². The fraction of sp³-hybridized carbons (Fsp3) is 0.645. The van der Waals surface area contributed by atoms with Crippen molar-refractivity contribution in [2.75, 3.05) is 19.6 Å². The number of nitrogens with zero attached hydrogens (tertiary/aromatic N) is 2. The molecule has 1 amide bonds. The fourth-order valence-corrected chi connectivity index (χ4v) is 9.17. The molecule has 0 radical (unpaired) electrons. The number of aryl methyl sites for hydroxylation is 2. The Morgan fingerprint density at radius 3 is 2.49 bits per heavy atom. The van der Waals surface area contributed by atoms with E-state index in [-0.39, 0.29) is 11.3 Å². The van der Waals surface area contributed by atoms with Gasteiger partial charge in [-0.3, -0.25) is 4.79 Å². The SMILES string of the molecule is Cc1nc2c(s1)[C@]1(CCC2)C[NH2+]CC1C(=O)N1CC[C@@H](c2ccccc2)C[C@H]1C1CCCCC1.O=C([O-])C(F)(F)F. The molecule has 2 aliphatic carbocycles. The van der Waals surface area contributed by atoms with Crippen molar-refractivity contribution in [3.05, 3.63) is 51.5 Å². The predicted molar refractivity (Wildman–Crippen MR) is 148 cm³/mol. The Balaban J connectivity index is 0.000000431.